The molecule has 0 bridgehead atoms. The van der Waals surface area contributed by atoms with E-state index < -0.39 is 12.9 Å². The second kappa shape index (κ2) is 9.16. The fourth-order valence-electron chi connectivity index (χ4n) is 4.35. The highest BCUT2D eigenvalue weighted by atomic mass is 19.3. The molecule has 0 radical (unpaired) electrons. The molecule has 1 N–H and O–H groups in total. The van der Waals surface area contributed by atoms with Gasteiger partial charge in [-0.2, -0.15) is 0 Å². The third kappa shape index (κ3) is 4.94. The van der Waals surface area contributed by atoms with E-state index in [1.54, 1.807) is 22.4 Å². The van der Waals surface area contributed by atoms with Gasteiger partial charge in [0.05, 0.1) is 6.54 Å². The molecule has 8 heteroatoms. The van der Waals surface area contributed by atoms with Crippen molar-refractivity contribution in [3.05, 3.63) is 59.9 Å². The molecule has 0 saturated heterocycles. The SMILES string of the molecule is CN(CC(F)F)c1ccc(C2CCC(Nc3cccc4nc(C(F)F)cn34)CC2)cc1. The Morgan fingerprint density at radius 2 is 1.74 bits per heavy atom. The van der Waals surface area contributed by atoms with Gasteiger partial charge in [-0.15, -0.1) is 0 Å². The van der Waals surface area contributed by atoms with E-state index in [9.17, 15) is 17.6 Å². The lowest BCUT2D eigenvalue weighted by Crippen LogP contribution is -2.26. The highest BCUT2D eigenvalue weighted by Crippen LogP contribution is 2.35. The predicted molar refractivity (Wildman–Crippen MR) is 114 cm³/mol. The summed E-state index contributed by atoms with van der Waals surface area (Å²) in [5, 5.41) is 3.49. The summed E-state index contributed by atoms with van der Waals surface area (Å²) in [6.45, 7) is -0.279. The molecule has 2 heterocycles. The van der Waals surface area contributed by atoms with Crippen molar-refractivity contribution in [3.8, 4) is 0 Å². The minimum Gasteiger partial charge on any atom is -0.369 e. The number of anilines is 2. The minimum atomic E-state index is -2.59. The summed E-state index contributed by atoms with van der Waals surface area (Å²) in [5.74, 6) is 1.20. The van der Waals surface area contributed by atoms with Gasteiger partial charge in [-0.05, 0) is 61.4 Å². The number of rotatable bonds is 7. The highest BCUT2D eigenvalue weighted by molar-refractivity contribution is 5.52. The first-order valence-electron chi connectivity index (χ1n) is 10.5. The van der Waals surface area contributed by atoms with Crippen LogP contribution in [-0.4, -0.2) is 35.4 Å². The fraction of sp³-hybridized carbons (Fsp3) is 0.435. The van der Waals surface area contributed by atoms with Gasteiger partial charge in [0.2, 0.25) is 0 Å². The van der Waals surface area contributed by atoms with Crippen molar-refractivity contribution in [1.29, 1.82) is 0 Å². The number of benzene rings is 1. The normalized spacial score (nSPS) is 19.3. The summed E-state index contributed by atoms with van der Waals surface area (Å²) >= 11 is 0. The number of hydrogen-bond donors (Lipinski definition) is 1. The van der Waals surface area contributed by atoms with E-state index in [1.807, 2.05) is 36.4 Å². The van der Waals surface area contributed by atoms with Crippen molar-refractivity contribution in [3.63, 3.8) is 0 Å². The Hall–Kier alpha value is -2.77. The number of alkyl halides is 4. The largest absolute Gasteiger partial charge is 0.369 e. The Labute approximate surface area is 178 Å². The van der Waals surface area contributed by atoms with Crippen molar-refractivity contribution in [1.82, 2.24) is 9.38 Å². The maximum atomic E-state index is 13.0. The maximum Gasteiger partial charge on any atom is 0.281 e. The van der Waals surface area contributed by atoms with Gasteiger partial charge < -0.3 is 10.2 Å². The van der Waals surface area contributed by atoms with E-state index in [0.29, 0.717) is 11.6 Å². The van der Waals surface area contributed by atoms with Crippen molar-refractivity contribution in [2.45, 2.75) is 50.5 Å². The van der Waals surface area contributed by atoms with Gasteiger partial charge in [-0.25, -0.2) is 22.5 Å². The first-order chi connectivity index (χ1) is 14.9. The second-order valence-corrected chi connectivity index (χ2v) is 8.16. The number of pyridine rings is 1. The van der Waals surface area contributed by atoms with Gasteiger partial charge in [-0.3, -0.25) is 4.40 Å². The molecule has 1 aliphatic carbocycles. The van der Waals surface area contributed by atoms with Crippen LogP contribution in [0.2, 0.25) is 0 Å². The lowest BCUT2D eigenvalue weighted by Gasteiger charge is -2.30. The first kappa shape index (κ1) is 21.5. The van der Waals surface area contributed by atoms with Gasteiger partial charge in [0.25, 0.3) is 12.9 Å². The molecule has 1 saturated carbocycles. The standard InChI is InChI=1S/C23H26F4N4/c1-30(14-20(24)25)18-11-7-16(8-12-18)15-5-9-17(10-6-15)28-21-3-2-4-22-29-19(23(26)27)13-31(21)22/h2-4,7-8,11-13,15,17,20,23,28H,5-6,9-10,14H2,1H3. The first-order valence-corrected chi connectivity index (χ1v) is 10.5. The van der Waals surface area contributed by atoms with Gasteiger partial charge >= 0.3 is 0 Å². The van der Waals surface area contributed by atoms with Crippen LogP contribution in [0.5, 0.6) is 0 Å². The topological polar surface area (TPSA) is 32.6 Å². The Morgan fingerprint density at radius 1 is 1.03 bits per heavy atom. The Kier molecular flexibility index (Phi) is 6.34. The van der Waals surface area contributed by atoms with Gasteiger partial charge in [0.15, 0.2) is 0 Å². The molecule has 166 valence electrons. The van der Waals surface area contributed by atoms with Crippen LogP contribution in [0.3, 0.4) is 0 Å². The zero-order valence-electron chi connectivity index (χ0n) is 17.3. The summed E-state index contributed by atoms with van der Waals surface area (Å²) in [5.41, 5.74) is 2.30. The number of aromatic nitrogens is 2. The van der Waals surface area contributed by atoms with Crippen molar-refractivity contribution < 1.29 is 17.6 Å². The number of halogens is 4. The third-order valence-electron chi connectivity index (χ3n) is 6.03. The van der Waals surface area contributed by atoms with Crippen molar-refractivity contribution >= 4 is 17.2 Å². The molecule has 1 aliphatic rings. The highest BCUT2D eigenvalue weighted by Gasteiger charge is 2.23. The summed E-state index contributed by atoms with van der Waals surface area (Å²) in [7, 11) is 1.67. The van der Waals surface area contributed by atoms with Gasteiger partial charge in [0.1, 0.15) is 17.2 Å². The van der Waals surface area contributed by atoms with Crippen LogP contribution in [-0.2, 0) is 0 Å². The number of nitrogens with zero attached hydrogens (tertiary/aromatic N) is 3. The Balaban J connectivity index is 1.36. The number of imidazole rings is 1. The molecule has 4 nitrogen and oxygen atoms in total. The van der Waals surface area contributed by atoms with Crippen molar-refractivity contribution in [2.75, 3.05) is 23.8 Å². The van der Waals surface area contributed by atoms with Crippen LogP contribution in [0.1, 0.15) is 49.3 Å². The molecule has 2 aromatic heterocycles. The lowest BCUT2D eigenvalue weighted by molar-refractivity contribution is 0.146. The summed E-state index contributed by atoms with van der Waals surface area (Å²) < 4.78 is 52.8. The summed E-state index contributed by atoms with van der Waals surface area (Å²) in [6, 6.07) is 13.6. The van der Waals surface area contributed by atoms with Crippen LogP contribution in [0.25, 0.3) is 5.65 Å². The molecule has 0 aliphatic heterocycles. The van der Waals surface area contributed by atoms with E-state index in [0.717, 1.165) is 37.2 Å². The molecule has 4 rings (SSSR count). The number of fused-ring (bicyclic) bond motifs is 1. The van der Waals surface area contributed by atoms with Crippen LogP contribution in [0.15, 0.2) is 48.7 Å². The molecule has 31 heavy (non-hydrogen) atoms. The average Bonchev–Trinajstić information content (AvgIpc) is 3.20. The quantitative estimate of drug-likeness (QED) is 0.455. The molecular formula is C23H26F4N4. The van der Waals surface area contributed by atoms with E-state index in [1.165, 1.54) is 11.8 Å². The maximum absolute atomic E-state index is 13.0. The van der Waals surface area contributed by atoms with E-state index >= 15 is 0 Å². The van der Waals surface area contributed by atoms with Crippen LogP contribution < -0.4 is 10.2 Å². The average molecular weight is 434 g/mol. The van der Waals surface area contributed by atoms with E-state index in [4.69, 9.17) is 0 Å². The van der Waals surface area contributed by atoms with Crippen LogP contribution in [0, 0.1) is 0 Å². The summed E-state index contributed by atoms with van der Waals surface area (Å²) in [4.78, 5) is 5.54. The monoisotopic (exact) mass is 434 g/mol. The Bertz CT molecular complexity index is 994. The Morgan fingerprint density at radius 3 is 2.39 bits per heavy atom. The molecule has 0 unspecified atom stereocenters. The van der Waals surface area contributed by atoms with Crippen LogP contribution >= 0.6 is 0 Å². The number of hydrogen-bond acceptors (Lipinski definition) is 3. The second-order valence-electron chi connectivity index (χ2n) is 8.16. The molecule has 3 aromatic rings. The molecule has 0 amide bonds. The minimum absolute atomic E-state index is 0.222. The zero-order chi connectivity index (χ0) is 22.0. The van der Waals surface area contributed by atoms with Crippen LogP contribution in [0.4, 0.5) is 29.1 Å². The fourth-order valence-corrected chi connectivity index (χ4v) is 4.35. The van der Waals surface area contributed by atoms with Gasteiger partial charge in [0, 0.05) is 25.0 Å². The zero-order valence-corrected chi connectivity index (χ0v) is 17.3. The van der Waals surface area contributed by atoms with Crippen molar-refractivity contribution in [2.24, 2.45) is 0 Å². The molecule has 1 fully saturated rings. The lowest BCUT2D eigenvalue weighted by atomic mass is 9.81. The number of nitrogens with one attached hydrogen (secondary N) is 1. The molecule has 0 spiro atoms. The smallest absolute Gasteiger partial charge is 0.281 e. The molecular weight excluding hydrogens is 408 g/mol. The van der Waals surface area contributed by atoms with Gasteiger partial charge in [-0.1, -0.05) is 18.2 Å². The summed E-state index contributed by atoms with van der Waals surface area (Å²) in [6.07, 6.45) is 0.376. The van der Waals surface area contributed by atoms with E-state index in [-0.39, 0.29) is 18.3 Å². The molecule has 1 aromatic carbocycles. The predicted octanol–water partition coefficient (Wildman–Crippen LogP) is 6.11. The third-order valence-corrected chi connectivity index (χ3v) is 6.03. The van der Waals surface area contributed by atoms with E-state index in [2.05, 4.69) is 10.3 Å². The molecule has 0 atom stereocenters.